The van der Waals surface area contributed by atoms with Gasteiger partial charge in [-0.1, -0.05) is 158 Å². The summed E-state index contributed by atoms with van der Waals surface area (Å²) in [6.45, 7) is 0. The first-order valence-electron chi connectivity index (χ1n) is 22.1. The van der Waals surface area contributed by atoms with E-state index in [0.29, 0.717) is 0 Å². The molecule has 0 fully saturated rings. The van der Waals surface area contributed by atoms with Crippen LogP contribution >= 0.6 is 11.3 Å². The fourth-order valence-corrected chi connectivity index (χ4v) is 12.4. The molecule has 2 aromatic heterocycles. The Hall–Kier alpha value is -7.98. The van der Waals surface area contributed by atoms with Gasteiger partial charge in [0, 0.05) is 53.7 Å². The van der Waals surface area contributed by atoms with E-state index in [1.807, 2.05) is 11.3 Å². The second-order valence-electron chi connectivity index (χ2n) is 17.2. The number of hydrogen-bond acceptors (Lipinski definition) is 2. The van der Waals surface area contributed by atoms with Gasteiger partial charge in [0.05, 0.1) is 16.4 Å². The van der Waals surface area contributed by atoms with Crippen molar-refractivity contribution in [3.63, 3.8) is 0 Å². The van der Waals surface area contributed by atoms with E-state index < -0.39 is 5.41 Å². The van der Waals surface area contributed by atoms with Crippen molar-refractivity contribution in [2.75, 3.05) is 4.90 Å². The molecule has 2 aliphatic rings. The van der Waals surface area contributed by atoms with Gasteiger partial charge in [0.15, 0.2) is 0 Å². The number of benzene rings is 10. The molecule has 10 aromatic carbocycles. The fraction of sp³-hybridized carbons (Fsp3) is 0.0164. The minimum absolute atomic E-state index is 0.436. The third-order valence-corrected chi connectivity index (χ3v) is 15.2. The summed E-state index contributed by atoms with van der Waals surface area (Å²) in [6, 6.07) is 85.8. The Morgan fingerprint density at radius 1 is 0.328 bits per heavy atom. The highest BCUT2D eigenvalue weighted by molar-refractivity contribution is 7.25. The monoisotopic (exact) mass is 830 g/mol. The highest BCUT2D eigenvalue weighted by atomic mass is 32.1. The van der Waals surface area contributed by atoms with E-state index in [4.69, 9.17) is 0 Å². The van der Waals surface area contributed by atoms with Gasteiger partial charge in [0.1, 0.15) is 0 Å². The summed E-state index contributed by atoms with van der Waals surface area (Å²) in [5.74, 6) is 0. The molecule has 0 saturated heterocycles. The second kappa shape index (κ2) is 13.5. The molecule has 0 radical (unpaired) electrons. The van der Waals surface area contributed by atoms with Crippen LogP contribution in [0.3, 0.4) is 0 Å². The van der Waals surface area contributed by atoms with E-state index in [0.717, 1.165) is 22.7 Å². The Labute approximate surface area is 375 Å². The maximum atomic E-state index is 2.50. The van der Waals surface area contributed by atoms with Gasteiger partial charge in [0.2, 0.25) is 0 Å². The van der Waals surface area contributed by atoms with Crippen molar-refractivity contribution in [3.05, 3.63) is 253 Å². The second-order valence-corrected chi connectivity index (χ2v) is 18.3. The first kappa shape index (κ1) is 35.6. The van der Waals surface area contributed by atoms with Crippen molar-refractivity contribution >= 4 is 70.4 Å². The van der Waals surface area contributed by atoms with E-state index in [1.54, 1.807) is 0 Å². The molecule has 0 aliphatic heterocycles. The molecule has 64 heavy (non-hydrogen) atoms. The van der Waals surface area contributed by atoms with Crippen LogP contribution in [0.25, 0.3) is 81.0 Å². The summed E-state index contributed by atoms with van der Waals surface area (Å²) in [5.41, 5.74) is 19.5. The first-order valence-corrected chi connectivity index (χ1v) is 22.9. The average Bonchev–Trinajstić information content (AvgIpc) is 4.08. The summed E-state index contributed by atoms with van der Waals surface area (Å²) < 4.78 is 4.99. The SMILES string of the molecule is c1cc(-c2ccc(-n3c4ccccc4c4ccccc43)cc2)cc(N(c2ccc3c(c2)C2(c4ccccc4-c4ccccc42)c2ccccc2-3)c2ccc3sc4ccccc4c3c2)c1. The van der Waals surface area contributed by atoms with E-state index in [1.165, 1.54) is 97.6 Å². The van der Waals surface area contributed by atoms with Crippen molar-refractivity contribution in [2.24, 2.45) is 0 Å². The zero-order chi connectivity index (χ0) is 41.9. The zero-order valence-electron chi connectivity index (χ0n) is 34.7. The molecule has 0 atom stereocenters. The molecule has 3 heteroatoms. The van der Waals surface area contributed by atoms with Gasteiger partial charge in [-0.3, -0.25) is 0 Å². The lowest BCUT2D eigenvalue weighted by molar-refractivity contribution is 0.793. The highest BCUT2D eigenvalue weighted by Gasteiger charge is 2.51. The number of aromatic nitrogens is 1. The fourth-order valence-electron chi connectivity index (χ4n) is 11.4. The van der Waals surface area contributed by atoms with Gasteiger partial charge in [0.25, 0.3) is 0 Å². The summed E-state index contributed by atoms with van der Waals surface area (Å²) in [6.07, 6.45) is 0. The lowest BCUT2D eigenvalue weighted by Gasteiger charge is -2.32. The van der Waals surface area contributed by atoms with Gasteiger partial charge < -0.3 is 9.47 Å². The Balaban J connectivity index is 0.957. The molecular formula is C61H38N2S. The summed E-state index contributed by atoms with van der Waals surface area (Å²) in [5, 5.41) is 5.12. The van der Waals surface area contributed by atoms with Crippen molar-refractivity contribution in [1.29, 1.82) is 0 Å². The maximum absolute atomic E-state index is 2.50. The molecule has 2 aliphatic carbocycles. The van der Waals surface area contributed by atoms with Crippen LogP contribution in [0.4, 0.5) is 17.1 Å². The van der Waals surface area contributed by atoms with Gasteiger partial charge in [-0.15, -0.1) is 11.3 Å². The molecule has 0 bridgehead atoms. The molecule has 1 spiro atoms. The third kappa shape index (κ3) is 4.90. The van der Waals surface area contributed by atoms with Crippen LogP contribution in [0.1, 0.15) is 22.3 Å². The number of anilines is 3. The van der Waals surface area contributed by atoms with Crippen molar-refractivity contribution < 1.29 is 0 Å². The predicted octanol–water partition coefficient (Wildman–Crippen LogP) is 16.6. The molecule has 0 unspecified atom stereocenters. The van der Waals surface area contributed by atoms with E-state index in [2.05, 4.69) is 240 Å². The minimum atomic E-state index is -0.436. The zero-order valence-corrected chi connectivity index (χ0v) is 35.6. The van der Waals surface area contributed by atoms with E-state index >= 15 is 0 Å². The van der Waals surface area contributed by atoms with Crippen LogP contribution in [0, 0.1) is 0 Å². The number of rotatable bonds is 5. The van der Waals surface area contributed by atoms with Crippen molar-refractivity contribution in [2.45, 2.75) is 5.41 Å². The lowest BCUT2D eigenvalue weighted by atomic mass is 9.70. The molecule has 298 valence electrons. The summed E-state index contributed by atoms with van der Waals surface area (Å²) >= 11 is 1.86. The minimum Gasteiger partial charge on any atom is -0.310 e. The largest absolute Gasteiger partial charge is 0.310 e. The average molecular weight is 831 g/mol. The number of nitrogens with zero attached hydrogens (tertiary/aromatic N) is 2. The number of fused-ring (bicyclic) bond motifs is 16. The normalized spacial score (nSPS) is 13.1. The third-order valence-electron chi connectivity index (χ3n) is 14.0. The van der Waals surface area contributed by atoms with E-state index in [-0.39, 0.29) is 0 Å². The molecule has 2 nitrogen and oxygen atoms in total. The molecular weight excluding hydrogens is 793 g/mol. The number of para-hydroxylation sites is 2. The molecule has 0 N–H and O–H groups in total. The molecule has 12 aromatic rings. The summed E-state index contributed by atoms with van der Waals surface area (Å²) in [4.78, 5) is 2.48. The molecule has 2 heterocycles. The van der Waals surface area contributed by atoms with Gasteiger partial charge >= 0.3 is 0 Å². The molecule has 0 saturated carbocycles. The standard InChI is InChI=1S/C61H38N2S/c1-7-22-53-45(16-1)46-17-2-8-23-54(46)61(53)55-24-9-3-18-47(55)48-34-32-44(38-56(48)61)62(43-33-35-60-52(37-43)51-21-6-12-27-59(51)64-60)42-15-13-14-40(36-42)39-28-30-41(31-29-39)63-57-25-10-4-19-49(57)50-20-5-11-26-58(50)63/h1-38H. The number of thiophene rings is 1. The predicted molar refractivity (Wildman–Crippen MR) is 270 cm³/mol. The van der Waals surface area contributed by atoms with E-state index in [9.17, 15) is 0 Å². The quantitative estimate of drug-likeness (QED) is 0.168. The lowest BCUT2D eigenvalue weighted by Crippen LogP contribution is -2.26. The van der Waals surface area contributed by atoms with Crippen molar-refractivity contribution in [1.82, 2.24) is 4.57 Å². The Morgan fingerprint density at radius 2 is 0.844 bits per heavy atom. The van der Waals surface area contributed by atoms with Gasteiger partial charge in [-0.25, -0.2) is 0 Å². The number of hydrogen-bond donors (Lipinski definition) is 0. The highest BCUT2D eigenvalue weighted by Crippen LogP contribution is 2.63. The maximum Gasteiger partial charge on any atom is 0.0726 e. The molecule has 14 rings (SSSR count). The van der Waals surface area contributed by atoms with Gasteiger partial charge in [-0.05, 0) is 128 Å². The van der Waals surface area contributed by atoms with Crippen LogP contribution in [-0.2, 0) is 5.41 Å². The molecule has 0 amide bonds. The van der Waals surface area contributed by atoms with Crippen LogP contribution < -0.4 is 4.90 Å². The van der Waals surface area contributed by atoms with Crippen LogP contribution in [0.15, 0.2) is 231 Å². The van der Waals surface area contributed by atoms with Crippen molar-refractivity contribution in [3.8, 4) is 39.1 Å². The van der Waals surface area contributed by atoms with Crippen LogP contribution in [0.2, 0.25) is 0 Å². The van der Waals surface area contributed by atoms with Crippen LogP contribution in [0.5, 0.6) is 0 Å². The Kier molecular flexibility index (Phi) is 7.51. The van der Waals surface area contributed by atoms with Crippen LogP contribution in [-0.4, -0.2) is 4.57 Å². The Bertz CT molecular complexity index is 3750. The summed E-state index contributed by atoms with van der Waals surface area (Å²) in [7, 11) is 0. The smallest absolute Gasteiger partial charge is 0.0726 e. The first-order chi connectivity index (χ1) is 31.7. The van der Waals surface area contributed by atoms with Gasteiger partial charge in [-0.2, -0.15) is 0 Å². The Morgan fingerprint density at radius 3 is 1.52 bits per heavy atom. The topological polar surface area (TPSA) is 8.17 Å².